The molecule has 82 valence electrons. The fraction of sp³-hybridized carbons (Fsp3) is 0.909. The molecular formula is C11H22N2O. The number of rotatable bonds is 2. The second-order valence-electron chi connectivity index (χ2n) is 5.16. The number of carbonyl (C=O) groups is 1. The number of likely N-dealkylation sites (tertiary alicyclic amines) is 1. The molecule has 14 heavy (non-hydrogen) atoms. The van der Waals surface area contributed by atoms with Crippen LogP contribution in [0, 0.1) is 0 Å². The lowest BCUT2D eigenvalue weighted by Gasteiger charge is -2.27. The van der Waals surface area contributed by atoms with Crippen LogP contribution in [0.15, 0.2) is 0 Å². The number of nitrogens with zero attached hydrogens (tertiary/aromatic N) is 1. The lowest BCUT2D eigenvalue weighted by Crippen LogP contribution is -2.50. The zero-order valence-electron chi connectivity index (χ0n) is 9.76. The van der Waals surface area contributed by atoms with Gasteiger partial charge in [-0.25, -0.2) is 0 Å². The predicted octanol–water partition coefficient (Wildman–Crippen LogP) is 1.39. The first kappa shape index (κ1) is 11.5. The molecule has 0 spiro atoms. The maximum Gasteiger partial charge on any atom is 0.237 e. The maximum atomic E-state index is 11.8. The van der Waals surface area contributed by atoms with Crippen LogP contribution in [-0.2, 0) is 4.79 Å². The summed E-state index contributed by atoms with van der Waals surface area (Å²) in [6.45, 7) is 10.2. The first-order valence-corrected chi connectivity index (χ1v) is 5.46. The van der Waals surface area contributed by atoms with E-state index in [1.54, 1.807) is 0 Å². The minimum Gasteiger partial charge on any atom is -0.350 e. The van der Waals surface area contributed by atoms with E-state index in [0.29, 0.717) is 0 Å². The lowest BCUT2D eigenvalue weighted by atomic mass is 10.1. The third-order valence-corrected chi connectivity index (χ3v) is 2.57. The van der Waals surface area contributed by atoms with Crippen LogP contribution in [0.1, 0.15) is 40.5 Å². The minimum atomic E-state index is -0.120. The van der Waals surface area contributed by atoms with Crippen molar-refractivity contribution in [2.45, 2.75) is 52.1 Å². The quantitative estimate of drug-likeness (QED) is 0.727. The summed E-state index contributed by atoms with van der Waals surface area (Å²) >= 11 is 0. The monoisotopic (exact) mass is 198 g/mol. The number of nitrogens with one attached hydrogen (secondary N) is 1. The van der Waals surface area contributed by atoms with Crippen LogP contribution >= 0.6 is 0 Å². The van der Waals surface area contributed by atoms with Gasteiger partial charge in [0.1, 0.15) is 0 Å². The third kappa shape index (κ3) is 3.29. The highest BCUT2D eigenvalue weighted by molar-refractivity contribution is 5.81. The standard InChI is InChI=1S/C11H22N2O/c1-9(13-7-5-6-8-13)10(14)12-11(2,3)4/h9H,5-8H2,1-4H3,(H,12,14). The summed E-state index contributed by atoms with van der Waals surface area (Å²) in [7, 11) is 0. The van der Waals surface area contributed by atoms with Crippen molar-refractivity contribution in [2.75, 3.05) is 13.1 Å². The molecule has 3 heteroatoms. The van der Waals surface area contributed by atoms with Crippen LogP contribution in [0.25, 0.3) is 0 Å². The van der Waals surface area contributed by atoms with Gasteiger partial charge in [0.2, 0.25) is 5.91 Å². The SMILES string of the molecule is CC(C(=O)NC(C)(C)C)N1CCCC1. The Kier molecular flexibility index (Phi) is 3.53. The Morgan fingerprint density at radius 2 is 1.79 bits per heavy atom. The molecule has 1 heterocycles. The van der Waals surface area contributed by atoms with Gasteiger partial charge in [0, 0.05) is 5.54 Å². The highest BCUT2D eigenvalue weighted by Crippen LogP contribution is 2.12. The van der Waals surface area contributed by atoms with Crippen LogP contribution in [0.3, 0.4) is 0 Å². The van der Waals surface area contributed by atoms with Gasteiger partial charge in [0.05, 0.1) is 6.04 Å². The molecule has 3 nitrogen and oxygen atoms in total. The average Bonchev–Trinajstić information content (AvgIpc) is 2.51. The molecule has 1 amide bonds. The van der Waals surface area contributed by atoms with Crippen molar-refractivity contribution in [3.63, 3.8) is 0 Å². The van der Waals surface area contributed by atoms with Crippen LogP contribution in [-0.4, -0.2) is 35.5 Å². The first-order chi connectivity index (χ1) is 6.40. The lowest BCUT2D eigenvalue weighted by molar-refractivity contribution is -0.126. The van der Waals surface area contributed by atoms with Crippen molar-refractivity contribution in [3.05, 3.63) is 0 Å². The molecular weight excluding hydrogens is 176 g/mol. The third-order valence-electron chi connectivity index (χ3n) is 2.57. The summed E-state index contributed by atoms with van der Waals surface area (Å²) in [5, 5.41) is 3.02. The molecule has 0 radical (unpaired) electrons. The van der Waals surface area contributed by atoms with E-state index in [-0.39, 0.29) is 17.5 Å². The van der Waals surface area contributed by atoms with E-state index in [2.05, 4.69) is 10.2 Å². The van der Waals surface area contributed by atoms with Crippen molar-refractivity contribution in [1.29, 1.82) is 0 Å². The van der Waals surface area contributed by atoms with E-state index in [1.165, 1.54) is 12.8 Å². The topological polar surface area (TPSA) is 32.3 Å². The fourth-order valence-electron chi connectivity index (χ4n) is 1.77. The zero-order valence-corrected chi connectivity index (χ0v) is 9.76. The smallest absolute Gasteiger partial charge is 0.237 e. The maximum absolute atomic E-state index is 11.8. The van der Waals surface area contributed by atoms with E-state index in [1.807, 2.05) is 27.7 Å². The van der Waals surface area contributed by atoms with Gasteiger partial charge in [-0.1, -0.05) is 0 Å². The Morgan fingerprint density at radius 3 is 2.21 bits per heavy atom. The van der Waals surface area contributed by atoms with Gasteiger partial charge >= 0.3 is 0 Å². The summed E-state index contributed by atoms with van der Waals surface area (Å²) < 4.78 is 0. The van der Waals surface area contributed by atoms with Gasteiger partial charge in [-0.3, -0.25) is 9.69 Å². The Bertz CT molecular complexity index is 202. The van der Waals surface area contributed by atoms with Crippen LogP contribution in [0.2, 0.25) is 0 Å². The highest BCUT2D eigenvalue weighted by atomic mass is 16.2. The molecule has 0 aliphatic carbocycles. The normalized spacial score (nSPS) is 20.9. The van der Waals surface area contributed by atoms with Crippen molar-refractivity contribution in [2.24, 2.45) is 0 Å². The van der Waals surface area contributed by atoms with E-state index in [9.17, 15) is 4.79 Å². The fourth-order valence-corrected chi connectivity index (χ4v) is 1.77. The molecule has 1 N–H and O–H groups in total. The molecule has 1 unspecified atom stereocenters. The Balaban J connectivity index is 2.43. The molecule has 1 aliphatic rings. The van der Waals surface area contributed by atoms with Crippen LogP contribution in [0.4, 0.5) is 0 Å². The molecule has 0 bridgehead atoms. The van der Waals surface area contributed by atoms with Crippen LogP contribution in [0.5, 0.6) is 0 Å². The van der Waals surface area contributed by atoms with Gasteiger partial charge in [-0.15, -0.1) is 0 Å². The van der Waals surface area contributed by atoms with Crippen molar-refractivity contribution in [1.82, 2.24) is 10.2 Å². The summed E-state index contributed by atoms with van der Waals surface area (Å²) in [6.07, 6.45) is 2.46. The summed E-state index contributed by atoms with van der Waals surface area (Å²) in [4.78, 5) is 14.0. The van der Waals surface area contributed by atoms with Crippen LogP contribution < -0.4 is 5.32 Å². The number of amides is 1. The van der Waals surface area contributed by atoms with Crippen molar-refractivity contribution >= 4 is 5.91 Å². The summed E-state index contributed by atoms with van der Waals surface area (Å²) in [6, 6.07) is 0.0247. The van der Waals surface area contributed by atoms with E-state index < -0.39 is 0 Å². The van der Waals surface area contributed by atoms with Gasteiger partial charge < -0.3 is 5.32 Å². The Hall–Kier alpha value is -0.570. The molecule has 1 fully saturated rings. The van der Waals surface area contributed by atoms with E-state index in [4.69, 9.17) is 0 Å². The van der Waals surface area contributed by atoms with Crippen molar-refractivity contribution in [3.8, 4) is 0 Å². The van der Waals surface area contributed by atoms with Gasteiger partial charge in [-0.2, -0.15) is 0 Å². The Labute approximate surface area is 86.9 Å². The number of hydrogen-bond donors (Lipinski definition) is 1. The molecule has 0 aromatic heterocycles. The van der Waals surface area contributed by atoms with Gasteiger partial charge in [0.25, 0.3) is 0 Å². The Morgan fingerprint density at radius 1 is 1.29 bits per heavy atom. The molecule has 0 aromatic carbocycles. The molecule has 1 rings (SSSR count). The van der Waals surface area contributed by atoms with E-state index >= 15 is 0 Å². The predicted molar refractivity (Wildman–Crippen MR) is 58.2 cm³/mol. The minimum absolute atomic E-state index is 0.0247. The van der Waals surface area contributed by atoms with Gasteiger partial charge in [0.15, 0.2) is 0 Å². The van der Waals surface area contributed by atoms with Crippen molar-refractivity contribution < 1.29 is 4.79 Å². The second kappa shape index (κ2) is 4.30. The average molecular weight is 198 g/mol. The highest BCUT2D eigenvalue weighted by Gasteiger charge is 2.26. The molecule has 0 saturated carbocycles. The first-order valence-electron chi connectivity index (χ1n) is 5.46. The largest absolute Gasteiger partial charge is 0.350 e. The summed E-state index contributed by atoms with van der Waals surface area (Å²) in [5.41, 5.74) is -0.120. The molecule has 1 atom stereocenters. The zero-order chi connectivity index (χ0) is 10.8. The number of hydrogen-bond acceptors (Lipinski definition) is 2. The summed E-state index contributed by atoms with van der Waals surface area (Å²) in [5.74, 6) is 0.152. The molecule has 1 aliphatic heterocycles. The molecule has 1 saturated heterocycles. The number of carbonyl (C=O) groups excluding carboxylic acids is 1. The molecule has 0 aromatic rings. The van der Waals surface area contributed by atoms with Gasteiger partial charge in [-0.05, 0) is 53.6 Å². The van der Waals surface area contributed by atoms with E-state index in [0.717, 1.165) is 13.1 Å². The second-order valence-corrected chi connectivity index (χ2v) is 5.16.